The van der Waals surface area contributed by atoms with Crippen LogP contribution in [0.4, 0.5) is 4.79 Å². The monoisotopic (exact) mass is 227 g/mol. The van der Waals surface area contributed by atoms with E-state index >= 15 is 0 Å². The topological polar surface area (TPSA) is 75.4 Å². The molecular formula is C11H21N3O2. The van der Waals surface area contributed by atoms with Gasteiger partial charge in [-0.05, 0) is 32.9 Å². The van der Waals surface area contributed by atoms with E-state index in [1.165, 1.54) is 19.3 Å². The van der Waals surface area contributed by atoms with Gasteiger partial charge in [-0.15, -0.1) is 0 Å². The first-order chi connectivity index (χ1) is 7.61. The third-order valence-corrected chi connectivity index (χ3v) is 3.06. The van der Waals surface area contributed by atoms with Crippen LogP contribution in [0.25, 0.3) is 0 Å². The number of carbonyl (C=O) groups is 2. The highest BCUT2D eigenvalue weighted by molar-refractivity contribution is 5.96. The van der Waals surface area contributed by atoms with E-state index in [0.29, 0.717) is 0 Å². The van der Waals surface area contributed by atoms with Crippen molar-refractivity contribution in [3.8, 4) is 0 Å². The maximum Gasteiger partial charge on any atom is 0.318 e. The minimum absolute atomic E-state index is 0.273. The molecule has 0 aliphatic carbocycles. The Kier molecular flexibility index (Phi) is 5.25. The molecule has 1 atom stereocenters. The molecule has 0 bridgehead atoms. The molecule has 5 heteroatoms. The van der Waals surface area contributed by atoms with Crippen molar-refractivity contribution in [2.45, 2.75) is 45.1 Å². The van der Waals surface area contributed by atoms with Gasteiger partial charge in [0, 0.05) is 0 Å². The van der Waals surface area contributed by atoms with Crippen LogP contribution in [0, 0.1) is 0 Å². The largest absolute Gasteiger partial charge is 0.351 e. The zero-order valence-electron chi connectivity index (χ0n) is 9.87. The second-order valence-electron chi connectivity index (χ2n) is 4.33. The molecule has 5 nitrogen and oxygen atoms in total. The second-order valence-corrected chi connectivity index (χ2v) is 4.33. The van der Waals surface area contributed by atoms with Gasteiger partial charge in [-0.3, -0.25) is 15.0 Å². The van der Waals surface area contributed by atoms with Crippen molar-refractivity contribution in [1.29, 1.82) is 0 Å². The molecule has 1 heterocycles. The van der Waals surface area contributed by atoms with Gasteiger partial charge < -0.3 is 5.73 Å². The Hall–Kier alpha value is -1.10. The van der Waals surface area contributed by atoms with Crippen molar-refractivity contribution in [3.63, 3.8) is 0 Å². The molecule has 0 spiro atoms. The fourth-order valence-electron chi connectivity index (χ4n) is 2.05. The summed E-state index contributed by atoms with van der Waals surface area (Å²) in [6.45, 7) is 3.67. The third-order valence-electron chi connectivity index (χ3n) is 3.06. The molecule has 0 aromatic carbocycles. The quantitative estimate of drug-likeness (QED) is 0.734. The Balaban J connectivity index is 2.46. The average molecular weight is 227 g/mol. The number of nitrogens with one attached hydrogen (secondary N) is 1. The van der Waals surface area contributed by atoms with E-state index in [4.69, 9.17) is 5.73 Å². The summed E-state index contributed by atoms with van der Waals surface area (Å²) in [4.78, 5) is 24.3. The molecule has 0 aromatic heterocycles. The summed E-state index contributed by atoms with van der Waals surface area (Å²) in [5.41, 5.74) is 4.93. The van der Waals surface area contributed by atoms with Gasteiger partial charge in [0.2, 0.25) is 5.91 Å². The van der Waals surface area contributed by atoms with Crippen LogP contribution < -0.4 is 11.1 Å². The smallest absolute Gasteiger partial charge is 0.318 e. The highest BCUT2D eigenvalue weighted by Crippen LogP contribution is 2.12. The molecule has 1 aliphatic rings. The molecule has 16 heavy (non-hydrogen) atoms. The van der Waals surface area contributed by atoms with E-state index < -0.39 is 6.03 Å². The highest BCUT2D eigenvalue weighted by Gasteiger charge is 2.22. The van der Waals surface area contributed by atoms with E-state index in [0.717, 1.165) is 25.9 Å². The SMILES string of the molecule is C[C@@H](C(=O)NC(N)=O)N1CCCCCCC1. The zero-order chi connectivity index (χ0) is 12.0. The first kappa shape index (κ1) is 13.0. The lowest BCUT2D eigenvalue weighted by atomic mass is 10.1. The number of urea groups is 1. The summed E-state index contributed by atoms with van der Waals surface area (Å²) < 4.78 is 0. The maximum atomic E-state index is 11.6. The minimum Gasteiger partial charge on any atom is -0.351 e. The van der Waals surface area contributed by atoms with E-state index in [2.05, 4.69) is 10.2 Å². The van der Waals surface area contributed by atoms with Crippen LogP contribution in [-0.2, 0) is 4.79 Å². The predicted molar refractivity (Wildman–Crippen MR) is 61.8 cm³/mol. The number of carbonyl (C=O) groups excluding carboxylic acids is 2. The highest BCUT2D eigenvalue weighted by atomic mass is 16.2. The van der Waals surface area contributed by atoms with E-state index in [9.17, 15) is 9.59 Å². The Labute approximate surface area is 96.4 Å². The number of amides is 3. The predicted octanol–water partition coefficient (Wildman–Crippen LogP) is 0.836. The molecule has 3 N–H and O–H groups in total. The Morgan fingerprint density at radius 3 is 2.12 bits per heavy atom. The lowest BCUT2D eigenvalue weighted by Crippen LogP contribution is -2.49. The normalized spacial score (nSPS) is 20.6. The van der Waals surface area contributed by atoms with Gasteiger partial charge in [-0.25, -0.2) is 4.79 Å². The zero-order valence-corrected chi connectivity index (χ0v) is 9.87. The number of hydrogen-bond donors (Lipinski definition) is 2. The summed E-state index contributed by atoms with van der Waals surface area (Å²) in [6, 6.07) is -1.05. The number of likely N-dealkylation sites (tertiary alicyclic amines) is 1. The van der Waals surface area contributed by atoms with Crippen molar-refractivity contribution in [3.05, 3.63) is 0 Å². The number of nitrogens with two attached hydrogens (primary N) is 1. The van der Waals surface area contributed by atoms with Gasteiger partial charge >= 0.3 is 6.03 Å². The number of hydrogen-bond acceptors (Lipinski definition) is 3. The van der Waals surface area contributed by atoms with Crippen LogP contribution >= 0.6 is 0 Å². The molecule has 1 saturated heterocycles. The summed E-state index contributed by atoms with van der Waals surface area (Å²) in [6.07, 6.45) is 5.97. The number of nitrogens with zero attached hydrogens (tertiary/aromatic N) is 1. The van der Waals surface area contributed by atoms with E-state index in [-0.39, 0.29) is 11.9 Å². The van der Waals surface area contributed by atoms with Crippen molar-refractivity contribution in [1.82, 2.24) is 10.2 Å². The molecule has 1 aliphatic heterocycles. The van der Waals surface area contributed by atoms with Gasteiger partial charge in [-0.1, -0.05) is 19.3 Å². The first-order valence-electron chi connectivity index (χ1n) is 5.95. The number of primary amides is 1. The van der Waals surface area contributed by atoms with Crippen molar-refractivity contribution < 1.29 is 9.59 Å². The van der Waals surface area contributed by atoms with Gasteiger partial charge in [-0.2, -0.15) is 0 Å². The molecular weight excluding hydrogens is 206 g/mol. The fourth-order valence-corrected chi connectivity index (χ4v) is 2.05. The molecule has 0 unspecified atom stereocenters. The third kappa shape index (κ3) is 4.18. The average Bonchev–Trinajstić information content (AvgIpc) is 2.15. The Morgan fingerprint density at radius 1 is 1.12 bits per heavy atom. The standard InChI is InChI=1S/C11H21N3O2/c1-9(10(15)13-11(12)16)14-7-5-3-2-4-6-8-14/h9H,2-8H2,1H3,(H3,12,13,15,16)/t9-/m0/s1. The fraction of sp³-hybridized carbons (Fsp3) is 0.818. The minimum atomic E-state index is -0.774. The van der Waals surface area contributed by atoms with Crippen molar-refractivity contribution in [2.24, 2.45) is 5.73 Å². The lowest BCUT2D eigenvalue weighted by molar-refractivity contribution is -0.124. The van der Waals surface area contributed by atoms with Crippen LogP contribution in [0.15, 0.2) is 0 Å². The molecule has 0 saturated carbocycles. The summed E-state index contributed by atoms with van der Waals surface area (Å²) in [5.74, 6) is -0.298. The molecule has 1 fully saturated rings. The molecule has 0 aromatic rings. The maximum absolute atomic E-state index is 11.6. The van der Waals surface area contributed by atoms with E-state index in [1.807, 2.05) is 6.92 Å². The van der Waals surface area contributed by atoms with E-state index in [1.54, 1.807) is 0 Å². The van der Waals surface area contributed by atoms with Gasteiger partial charge in [0.05, 0.1) is 6.04 Å². The van der Waals surface area contributed by atoms with Crippen LogP contribution in [0.5, 0.6) is 0 Å². The van der Waals surface area contributed by atoms with Gasteiger partial charge in [0.1, 0.15) is 0 Å². The Bertz CT molecular complexity index is 248. The van der Waals surface area contributed by atoms with Gasteiger partial charge in [0.25, 0.3) is 0 Å². The summed E-state index contributed by atoms with van der Waals surface area (Å²) >= 11 is 0. The van der Waals surface area contributed by atoms with Crippen LogP contribution in [0.3, 0.4) is 0 Å². The number of imide groups is 1. The Morgan fingerprint density at radius 2 is 1.62 bits per heavy atom. The summed E-state index contributed by atoms with van der Waals surface area (Å²) in [5, 5.41) is 2.13. The van der Waals surface area contributed by atoms with Crippen LogP contribution in [-0.4, -0.2) is 36.0 Å². The molecule has 0 radical (unpaired) electrons. The number of rotatable bonds is 2. The summed E-state index contributed by atoms with van der Waals surface area (Å²) in [7, 11) is 0. The lowest BCUT2D eigenvalue weighted by Gasteiger charge is -2.29. The first-order valence-corrected chi connectivity index (χ1v) is 5.95. The van der Waals surface area contributed by atoms with Gasteiger partial charge in [0.15, 0.2) is 0 Å². The van der Waals surface area contributed by atoms with Crippen molar-refractivity contribution in [2.75, 3.05) is 13.1 Å². The molecule has 92 valence electrons. The second kappa shape index (κ2) is 6.48. The van der Waals surface area contributed by atoms with Crippen LogP contribution in [0.1, 0.15) is 39.0 Å². The van der Waals surface area contributed by atoms with Crippen LogP contribution in [0.2, 0.25) is 0 Å². The molecule has 1 rings (SSSR count). The van der Waals surface area contributed by atoms with Crippen molar-refractivity contribution >= 4 is 11.9 Å². The molecule has 3 amide bonds.